The number of amides is 1. The molecule has 0 unspecified atom stereocenters. The zero-order valence-corrected chi connectivity index (χ0v) is 14.3. The van der Waals surface area contributed by atoms with Gasteiger partial charge in [-0.15, -0.1) is 0 Å². The molecule has 0 atom stereocenters. The lowest BCUT2D eigenvalue weighted by Crippen LogP contribution is -2.27. The summed E-state index contributed by atoms with van der Waals surface area (Å²) in [5, 5.41) is 0.993. The highest BCUT2D eigenvalue weighted by molar-refractivity contribution is 7.99. The molecular weight excluding hydrogens is 361 g/mol. The maximum Gasteiger partial charge on any atom is 0.417 e. The number of benzene rings is 1. The highest BCUT2D eigenvalue weighted by Gasteiger charge is 2.30. The number of carbonyl (C=O) groups excluding carboxylic acids is 1. The quantitative estimate of drug-likeness (QED) is 0.722. The summed E-state index contributed by atoms with van der Waals surface area (Å²) in [6.45, 7) is 0.428. The van der Waals surface area contributed by atoms with Crippen molar-refractivity contribution >= 4 is 29.3 Å². The fraction of sp³-hybridized carbons (Fsp3) is 0.250. The van der Waals surface area contributed by atoms with E-state index in [-0.39, 0.29) is 11.7 Å². The van der Waals surface area contributed by atoms with Crippen molar-refractivity contribution in [3.05, 3.63) is 58.7 Å². The van der Waals surface area contributed by atoms with Crippen LogP contribution >= 0.6 is 23.4 Å². The van der Waals surface area contributed by atoms with Crippen molar-refractivity contribution in [2.24, 2.45) is 0 Å². The van der Waals surface area contributed by atoms with Gasteiger partial charge in [-0.3, -0.25) is 4.79 Å². The van der Waals surface area contributed by atoms with Gasteiger partial charge in [0, 0.05) is 24.8 Å². The topological polar surface area (TPSA) is 33.2 Å². The third kappa shape index (κ3) is 5.42. The van der Waals surface area contributed by atoms with Crippen molar-refractivity contribution in [3.63, 3.8) is 0 Å². The standard InChI is InChI=1S/C16H14ClF3N2OS/c1-22(9-11-2-5-13(17)6-3-11)15(23)10-24-14-7-4-12(8-21-14)16(18,19)20/h2-8H,9-10H2,1H3. The third-order valence-electron chi connectivity index (χ3n) is 3.17. The first-order valence-corrected chi connectivity index (χ1v) is 8.26. The minimum Gasteiger partial charge on any atom is -0.341 e. The molecule has 1 aromatic carbocycles. The van der Waals surface area contributed by atoms with Gasteiger partial charge < -0.3 is 4.90 Å². The van der Waals surface area contributed by atoms with Crippen LogP contribution in [0.3, 0.4) is 0 Å². The first-order chi connectivity index (χ1) is 11.3. The monoisotopic (exact) mass is 374 g/mol. The van der Waals surface area contributed by atoms with Crippen LogP contribution in [0.15, 0.2) is 47.6 Å². The number of thioether (sulfide) groups is 1. The fourth-order valence-electron chi connectivity index (χ4n) is 1.83. The molecule has 0 spiro atoms. The average molecular weight is 375 g/mol. The molecule has 0 aliphatic heterocycles. The minimum absolute atomic E-state index is 0.0997. The van der Waals surface area contributed by atoms with E-state index < -0.39 is 11.7 Å². The van der Waals surface area contributed by atoms with Crippen LogP contribution in [-0.2, 0) is 17.5 Å². The molecule has 128 valence electrons. The Balaban J connectivity index is 1.86. The van der Waals surface area contributed by atoms with E-state index in [1.54, 1.807) is 24.1 Å². The molecule has 0 aliphatic rings. The summed E-state index contributed by atoms with van der Waals surface area (Å²) in [6, 6.07) is 9.37. The normalized spacial score (nSPS) is 11.4. The Morgan fingerprint density at radius 1 is 1.21 bits per heavy atom. The Kier molecular flexibility index (Phi) is 6.12. The lowest BCUT2D eigenvalue weighted by molar-refractivity contribution is -0.138. The second-order valence-corrected chi connectivity index (χ2v) is 6.48. The number of pyridine rings is 1. The maximum atomic E-state index is 12.5. The number of halogens is 4. The van der Waals surface area contributed by atoms with Crippen LogP contribution in [0, 0.1) is 0 Å². The van der Waals surface area contributed by atoms with Crippen LogP contribution in [0.5, 0.6) is 0 Å². The molecule has 2 rings (SSSR count). The Hall–Kier alpha value is -1.73. The van der Waals surface area contributed by atoms with Crippen LogP contribution in [-0.4, -0.2) is 28.6 Å². The van der Waals surface area contributed by atoms with Crippen molar-refractivity contribution < 1.29 is 18.0 Å². The molecule has 0 saturated carbocycles. The number of alkyl halides is 3. The van der Waals surface area contributed by atoms with Crippen LogP contribution in [0.1, 0.15) is 11.1 Å². The smallest absolute Gasteiger partial charge is 0.341 e. The van der Waals surface area contributed by atoms with Gasteiger partial charge in [0.15, 0.2) is 0 Å². The molecule has 1 amide bonds. The Morgan fingerprint density at radius 3 is 2.42 bits per heavy atom. The summed E-state index contributed by atoms with van der Waals surface area (Å²) < 4.78 is 37.4. The summed E-state index contributed by atoms with van der Waals surface area (Å²) in [5.41, 5.74) is 0.130. The van der Waals surface area contributed by atoms with E-state index in [0.717, 1.165) is 29.6 Å². The first kappa shape index (κ1) is 18.6. The highest BCUT2D eigenvalue weighted by atomic mass is 35.5. The molecule has 8 heteroatoms. The van der Waals surface area contributed by atoms with E-state index in [4.69, 9.17) is 11.6 Å². The molecular formula is C16H14ClF3N2OS. The van der Waals surface area contributed by atoms with Crippen LogP contribution in [0.2, 0.25) is 5.02 Å². The summed E-state index contributed by atoms with van der Waals surface area (Å²) >= 11 is 6.90. The van der Waals surface area contributed by atoms with Crippen LogP contribution in [0.25, 0.3) is 0 Å². The molecule has 0 radical (unpaired) electrons. The Labute approximate surface area is 146 Å². The van der Waals surface area contributed by atoms with E-state index in [1.165, 1.54) is 6.07 Å². The van der Waals surface area contributed by atoms with Gasteiger partial charge in [0.25, 0.3) is 0 Å². The molecule has 0 fully saturated rings. The third-order valence-corrected chi connectivity index (χ3v) is 4.35. The summed E-state index contributed by atoms with van der Waals surface area (Å²) in [5.74, 6) is -0.0423. The lowest BCUT2D eigenvalue weighted by atomic mass is 10.2. The lowest BCUT2D eigenvalue weighted by Gasteiger charge is -2.17. The molecule has 1 aromatic heterocycles. The SMILES string of the molecule is CN(Cc1ccc(Cl)cc1)C(=O)CSc1ccc(C(F)(F)F)cn1. The minimum atomic E-state index is -4.41. The zero-order valence-electron chi connectivity index (χ0n) is 12.7. The number of hydrogen-bond donors (Lipinski definition) is 0. The maximum absolute atomic E-state index is 12.5. The summed E-state index contributed by atoms with van der Waals surface area (Å²) in [4.78, 5) is 17.4. The number of hydrogen-bond acceptors (Lipinski definition) is 3. The second kappa shape index (κ2) is 7.90. The molecule has 24 heavy (non-hydrogen) atoms. The Morgan fingerprint density at radius 2 is 1.88 bits per heavy atom. The predicted molar refractivity (Wildman–Crippen MR) is 87.9 cm³/mol. The van der Waals surface area contributed by atoms with E-state index in [1.807, 2.05) is 12.1 Å². The van der Waals surface area contributed by atoms with Crippen LogP contribution in [0.4, 0.5) is 13.2 Å². The predicted octanol–water partition coefficient (Wildman–Crippen LogP) is 4.50. The molecule has 2 aromatic rings. The van der Waals surface area contributed by atoms with E-state index in [2.05, 4.69) is 4.98 Å². The van der Waals surface area contributed by atoms with Crippen molar-refractivity contribution in [1.82, 2.24) is 9.88 Å². The molecule has 1 heterocycles. The van der Waals surface area contributed by atoms with Crippen molar-refractivity contribution in [2.75, 3.05) is 12.8 Å². The number of nitrogens with zero attached hydrogens (tertiary/aromatic N) is 2. The highest BCUT2D eigenvalue weighted by Crippen LogP contribution is 2.29. The van der Waals surface area contributed by atoms with Gasteiger partial charge in [0.1, 0.15) is 0 Å². The molecule has 0 bridgehead atoms. The molecule has 0 N–H and O–H groups in total. The van der Waals surface area contributed by atoms with E-state index >= 15 is 0 Å². The van der Waals surface area contributed by atoms with Gasteiger partial charge >= 0.3 is 6.18 Å². The molecule has 0 aliphatic carbocycles. The van der Waals surface area contributed by atoms with Gasteiger partial charge in [0.2, 0.25) is 5.91 Å². The van der Waals surface area contributed by atoms with Gasteiger partial charge in [-0.2, -0.15) is 13.2 Å². The van der Waals surface area contributed by atoms with Gasteiger partial charge in [0.05, 0.1) is 16.3 Å². The first-order valence-electron chi connectivity index (χ1n) is 6.90. The van der Waals surface area contributed by atoms with Crippen molar-refractivity contribution in [3.8, 4) is 0 Å². The average Bonchev–Trinajstić information content (AvgIpc) is 2.54. The van der Waals surface area contributed by atoms with E-state index in [9.17, 15) is 18.0 Å². The van der Waals surface area contributed by atoms with Gasteiger partial charge in [-0.05, 0) is 29.8 Å². The van der Waals surface area contributed by atoms with E-state index in [0.29, 0.717) is 16.6 Å². The summed E-state index contributed by atoms with van der Waals surface area (Å²) in [7, 11) is 1.66. The van der Waals surface area contributed by atoms with Gasteiger partial charge in [-0.1, -0.05) is 35.5 Å². The number of rotatable bonds is 5. The van der Waals surface area contributed by atoms with Crippen molar-refractivity contribution in [2.45, 2.75) is 17.7 Å². The zero-order chi connectivity index (χ0) is 17.7. The largest absolute Gasteiger partial charge is 0.417 e. The van der Waals surface area contributed by atoms with Gasteiger partial charge in [-0.25, -0.2) is 4.98 Å². The number of carbonyl (C=O) groups is 1. The van der Waals surface area contributed by atoms with Crippen LogP contribution < -0.4 is 0 Å². The molecule has 0 saturated heterocycles. The second-order valence-electron chi connectivity index (χ2n) is 5.05. The fourth-order valence-corrected chi connectivity index (χ4v) is 2.74. The molecule has 3 nitrogen and oxygen atoms in total. The Bertz CT molecular complexity index is 690. The summed E-state index contributed by atoms with van der Waals surface area (Å²) in [6.07, 6.45) is -3.64. The number of aromatic nitrogens is 1. The van der Waals surface area contributed by atoms with Crippen molar-refractivity contribution in [1.29, 1.82) is 0 Å².